The molecule has 0 saturated carbocycles. The lowest BCUT2D eigenvalue weighted by atomic mass is 9.85. The van der Waals surface area contributed by atoms with Gasteiger partial charge in [0.05, 0.1) is 6.61 Å². The van der Waals surface area contributed by atoms with Gasteiger partial charge < -0.3 is 10.1 Å². The van der Waals surface area contributed by atoms with Gasteiger partial charge in [-0.25, -0.2) is 0 Å². The monoisotopic (exact) mass is 353 g/mol. The highest BCUT2D eigenvalue weighted by atomic mass is 79.9. The fraction of sp³-hybridized carbons (Fsp3) is 0.667. The second-order valence-corrected chi connectivity index (χ2v) is 8.84. The maximum atomic E-state index is 5.83. The predicted octanol–water partition coefficient (Wildman–Crippen LogP) is 4.73. The molecule has 0 aliphatic carbocycles. The Bertz CT molecular complexity index is 503. The van der Waals surface area contributed by atoms with Gasteiger partial charge in [0.15, 0.2) is 0 Å². The number of hydrogen-bond acceptors (Lipinski definition) is 2. The van der Waals surface area contributed by atoms with Crippen LogP contribution in [0.1, 0.15) is 52.2 Å². The summed E-state index contributed by atoms with van der Waals surface area (Å²) in [4.78, 5) is 0. The van der Waals surface area contributed by atoms with E-state index in [1.54, 1.807) is 0 Å². The molecule has 118 valence electrons. The fourth-order valence-electron chi connectivity index (χ4n) is 2.60. The zero-order valence-corrected chi connectivity index (χ0v) is 15.6. The molecule has 2 rings (SSSR count). The summed E-state index contributed by atoms with van der Waals surface area (Å²) in [7, 11) is 0. The summed E-state index contributed by atoms with van der Waals surface area (Å²) in [5.74, 6) is 1.14. The standard InChI is InChI=1S/C18H28BrNO/c1-17(2,3)20-12-18(4,5)8-6-13-10-15(19)11-14-7-9-21-16(13)14/h10-11,20H,6-9,12H2,1-5H3. The Morgan fingerprint density at radius 2 is 1.90 bits per heavy atom. The van der Waals surface area contributed by atoms with Crippen LogP contribution in [0.4, 0.5) is 0 Å². The Morgan fingerprint density at radius 3 is 2.57 bits per heavy atom. The van der Waals surface area contributed by atoms with Gasteiger partial charge in [0.2, 0.25) is 0 Å². The van der Waals surface area contributed by atoms with Gasteiger partial charge in [-0.15, -0.1) is 0 Å². The first-order valence-electron chi connectivity index (χ1n) is 7.85. The van der Waals surface area contributed by atoms with Crippen molar-refractivity contribution in [3.8, 4) is 5.75 Å². The summed E-state index contributed by atoms with van der Waals surface area (Å²) in [5.41, 5.74) is 3.16. The van der Waals surface area contributed by atoms with E-state index in [2.05, 4.69) is 68.0 Å². The number of nitrogens with one attached hydrogen (secondary N) is 1. The molecule has 1 aromatic rings. The lowest BCUT2D eigenvalue weighted by Gasteiger charge is -2.30. The van der Waals surface area contributed by atoms with E-state index in [-0.39, 0.29) is 11.0 Å². The maximum absolute atomic E-state index is 5.83. The predicted molar refractivity (Wildman–Crippen MR) is 93.2 cm³/mol. The number of ether oxygens (including phenoxy) is 1. The molecule has 0 bridgehead atoms. The third kappa shape index (κ3) is 5.00. The van der Waals surface area contributed by atoms with Gasteiger partial charge >= 0.3 is 0 Å². The Hall–Kier alpha value is -0.540. The Labute approximate surface area is 137 Å². The van der Waals surface area contributed by atoms with Crippen LogP contribution in [0.15, 0.2) is 16.6 Å². The van der Waals surface area contributed by atoms with Gasteiger partial charge in [-0.3, -0.25) is 0 Å². The Kier molecular flexibility index (Phi) is 5.04. The van der Waals surface area contributed by atoms with Crippen molar-refractivity contribution in [2.75, 3.05) is 13.2 Å². The quantitative estimate of drug-likeness (QED) is 0.825. The maximum Gasteiger partial charge on any atom is 0.125 e. The molecule has 0 fully saturated rings. The molecule has 1 N–H and O–H groups in total. The molecule has 21 heavy (non-hydrogen) atoms. The van der Waals surface area contributed by atoms with Crippen LogP contribution in [-0.2, 0) is 12.8 Å². The number of halogens is 1. The van der Waals surface area contributed by atoms with E-state index in [0.29, 0.717) is 0 Å². The van der Waals surface area contributed by atoms with Gasteiger partial charge in [0.1, 0.15) is 5.75 Å². The Balaban J connectivity index is 2.00. The van der Waals surface area contributed by atoms with Gasteiger partial charge in [-0.05, 0) is 62.3 Å². The van der Waals surface area contributed by atoms with Crippen molar-refractivity contribution in [1.82, 2.24) is 5.32 Å². The zero-order valence-electron chi connectivity index (χ0n) is 14.0. The van der Waals surface area contributed by atoms with Crippen molar-refractivity contribution in [3.05, 3.63) is 27.7 Å². The molecule has 1 aromatic carbocycles. The van der Waals surface area contributed by atoms with Crippen molar-refractivity contribution in [3.63, 3.8) is 0 Å². The third-order valence-electron chi connectivity index (χ3n) is 3.99. The second kappa shape index (κ2) is 6.29. The molecule has 0 atom stereocenters. The highest BCUT2D eigenvalue weighted by Crippen LogP contribution is 2.35. The van der Waals surface area contributed by atoms with Crippen LogP contribution in [0.5, 0.6) is 5.75 Å². The van der Waals surface area contributed by atoms with E-state index in [9.17, 15) is 0 Å². The first kappa shape index (κ1) is 16.8. The lowest BCUT2D eigenvalue weighted by Crippen LogP contribution is -2.42. The Morgan fingerprint density at radius 1 is 1.19 bits per heavy atom. The van der Waals surface area contributed by atoms with Crippen LogP contribution in [0.3, 0.4) is 0 Å². The highest BCUT2D eigenvalue weighted by molar-refractivity contribution is 9.10. The van der Waals surface area contributed by atoms with Crippen molar-refractivity contribution in [2.45, 2.75) is 59.4 Å². The zero-order chi connectivity index (χ0) is 15.7. The molecule has 1 aliphatic heterocycles. The average Bonchev–Trinajstić information content (AvgIpc) is 2.81. The minimum atomic E-state index is 0.178. The number of benzene rings is 1. The smallest absolute Gasteiger partial charge is 0.125 e. The highest BCUT2D eigenvalue weighted by Gasteiger charge is 2.23. The molecule has 0 radical (unpaired) electrons. The van der Waals surface area contributed by atoms with Crippen molar-refractivity contribution < 1.29 is 4.74 Å². The molecule has 0 aromatic heterocycles. The van der Waals surface area contributed by atoms with Crippen molar-refractivity contribution in [2.24, 2.45) is 5.41 Å². The molecule has 0 spiro atoms. The average molecular weight is 354 g/mol. The molecule has 2 nitrogen and oxygen atoms in total. The van der Waals surface area contributed by atoms with Crippen LogP contribution in [0, 0.1) is 5.41 Å². The van der Waals surface area contributed by atoms with Gasteiger partial charge in [0, 0.05) is 23.0 Å². The summed E-state index contributed by atoms with van der Waals surface area (Å²) < 4.78 is 7.00. The van der Waals surface area contributed by atoms with Crippen LogP contribution >= 0.6 is 15.9 Å². The SMILES string of the molecule is CC(C)(CCc1cc(Br)cc2c1OCC2)CNC(C)(C)C. The summed E-state index contributed by atoms with van der Waals surface area (Å²) in [6, 6.07) is 4.41. The lowest BCUT2D eigenvalue weighted by molar-refractivity contribution is 0.272. The number of fused-ring (bicyclic) bond motifs is 1. The number of rotatable bonds is 5. The van der Waals surface area contributed by atoms with Crippen LogP contribution in [0.2, 0.25) is 0 Å². The summed E-state index contributed by atoms with van der Waals surface area (Å²) in [6.45, 7) is 13.2. The topological polar surface area (TPSA) is 21.3 Å². The number of hydrogen-bond donors (Lipinski definition) is 1. The molecular weight excluding hydrogens is 326 g/mol. The largest absolute Gasteiger partial charge is 0.493 e. The minimum Gasteiger partial charge on any atom is -0.493 e. The van der Waals surface area contributed by atoms with Crippen molar-refractivity contribution in [1.29, 1.82) is 0 Å². The molecule has 1 aliphatic rings. The third-order valence-corrected chi connectivity index (χ3v) is 4.45. The molecular formula is C18H28BrNO. The molecule has 0 saturated heterocycles. The van der Waals surface area contributed by atoms with E-state index < -0.39 is 0 Å². The van der Waals surface area contributed by atoms with E-state index >= 15 is 0 Å². The van der Waals surface area contributed by atoms with E-state index in [0.717, 1.165) is 38.2 Å². The molecule has 0 amide bonds. The van der Waals surface area contributed by atoms with Crippen molar-refractivity contribution >= 4 is 15.9 Å². The van der Waals surface area contributed by atoms with Gasteiger partial charge in [0.25, 0.3) is 0 Å². The van der Waals surface area contributed by atoms with Crippen LogP contribution < -0.4 is 10.1 Å². The molecule has 1 heterocycles. The van der Waals surface area contributed by atoms with Gasteiger partial charge in [-0.1, -0.05) is 29.8 Å². The van der Waals surface area contributed by atoms with Crippen LogP contribution in [-0.4, -0.2) is 18.7 Å². The normalized spacial score (nSPS) is 15.0. The molecule has 0 unspecified atom stereocenters. The first-order valence-corrected chi connectivity index (χ1v) is 8.65. The summed E-state index contributed by atoms with van der Waals surface area (Å²) in [5, 5.41) is 3.62. The minimum absolute atomic E-state index is 0.178. The first-order chi connectivity index (χ1) is 9.66. The van der Waals surface area contributed by atoms with E-state index in [1.165, 1.54) is 15.6 Å². The van der Waals surface area contributed by atoms with E-state index in [4.69, 9.17) is 4.74 Å². The fourth-order valence-corrected chi connectivity index (χ4v) is 3.15. The molecule has 3 heteroatoms. The summed E-state index contributed by atoms with van der Waals surface area (Å²) >= 11 is 3.63. The second-order valence-electron chi connectivity index (χ2n) is 7.92. The van der Waals surface area contributed by atoms with E-state index in [1.807, 2.05) is 0 Å². The summed E-state index contributed by atoms with van der Waals surface area (Å²) in [6.07, 6.45) is 3.26. The van der Waals surface area contributed by atoms with Crippen LogP contribution in [0.25, 0.3) is 0 Å². The number of aryl methyl sites for hydroxylation is 1. The van der Waals surface area contributed by atoms with Gasteiger partial charge in [-0.2, -0.15) is 0 Å².